The standard InChI is InChI=1S/C36H33NO2/c1-38-26-29-15-21-34(22-16-29)37(35-23-17-30(18-24-35)27-39-2)33-19-13-28(14-20-33)25-36(31-9-5-3-6-10-31)32-11-7-4-8-12-32/h3-25H,26-27H2,1-2H3. The molecule has 0 spiro atoms. The highest BCUT2D eigenvalue weighted by atomic mass is 16.5. The molecule has 0 amide bonds. The molecule has 5 aromatic carbocycles. The van der Waals surface area contributed by atoms with E-state index >= 15 is 0 Å². The molecule has 0 atom stereocenters. The Morgan fingerprint density at radius 2 is 0.897 bits per heavy atom. The maximum absolute atomic E-state index is 5.31. The minimum atomic E-state index is 0.595. The van der Waals surface area contributed by atoms with Crippen LogP contribution in [0.5, 0.6) is 0 Å². The van der Waals surface area contributed by atoms with Gasteiger partial charge < -0.3 is 14.4 Å². The first-order valence-electron chi connectivity index (χ1n) is 13.1. The van der Waals surface area contributed by atoms with E-state index in [1.54, 1.807) is 14.2 Å². The lowest BCUT2D eigenvalue weighted by atomic mass is 9.95. The summed E-state index contributed by atoms with van der Waals surface area (Å²) < 4.78 is 10.6. The van der Waals surface area contributed by atoms with Crippen LogP contribution in [-0.2, 0) is 22.7 Å². The monoisotopic (exact) mass is 511 g/mol. The van der Waals surface area contributed by atoms with Gasteiger partial charge in [-0.25, -0.2) is 0 Å². The van der Waals surface area contributed by atoms with Gasteiger partial charge in [0.15, 0.2) is 0 Å². The van der Waals surface area contributed by atoms with Crippen molar-refractivity contribution in [1.29, 1.82) is 0 Å². The minimum Gasteiger partial charge on any atom is -0.380 e. The van der Waals surface area contributed by atoms with Gasteiger partial charge in [0.2, 0.25) is 0 Å². The first-order valence-corrected chi connectivity index (χ1v) is 13.1. The number of ether oxygens (including phenoxy) is 2. The van der Waals surface area contributed by atoms with Crippen LogP contribution in [0.15, 0.2) is 133 Å². The first-order chi connectivity index (χ1) is 19.2. The zero-order chi connectivity index (χ0) is 26.9. The maximum Gasteiger partial charge on any atom is 0.0713 e. The predicted molar refractivity (Wildman–Crippen MR) is 162 cm³/mol. The Balaban J connectivity index is 1.52. The van der Waals surface area contributed by atoms with Crippen molar-refractivity contribution in [3.8, 4) is 0 Å². The van der Waals surface area contributed by atoms with E-state index in [2.05, 4.69) is 144 Å². The maximum atomic E-state index is 5.31. The van der Waals surface area contributed by atoms with Gasteiger partial charge in [0, 0.05) is 31.3 Å². The second-order valence-corrected chi connectivity index (χ2v) is 9.42. The van der Waals surface area contributed by atoms with E-state index in [-0.39, 0.29) is 0 Å². The summed E-state index contributed by atoms with van der Waals surface area (Å²) in [6, 6.07) is 46.9. The molecular formula is C36H33NO2. The number of methoxy groups -OCH3 is 2. The summed E-state index contributed by atoms with van der Waals surface area (Å²) in [7, 11) is 3.44. The molecule has 0 saturated carbocycles. The Hall–Kier alpha value is -4.44. The first kappa shape index (κ1) is 26.2. The molecular weight excluding hydrogens is 478 g/mol. The van der Waals surface area contributed by atoms with Crippen LogP contribution in [0.4, 0.5) is 17.1 Å². The van der Waals surface area contributed by atoms with Crippen LogP contribution >= 0.6 is 0 Å². The number of rotatable bonds is 10. The summed E-state index contributed by atoms with van der Waals surface area (Å²) in [6.07, 6.45) is 2.26. The van der Waals surface area contributed by atoms with Crippen molar-refractivity contribution in [1.82, 2.24) is 0 Å². The van der Waals surface area contributed by atoms with Crippen LogP contribution < -0.4 is 4.90 Å². The normalized spacial score (nSPS) is 10.7. The molecule has 39 heavy (non-hydrogen) atoms. The Labute approximate surface area is 231 Å². The fraction of sp³-hybridized carbons (Fsp3) is 0.111. The molecule has 0 saturated heterocycles. The second kappa shape index (κ2) is 12.9. The zero-order valence-electron chi connectivity index (χ0n) is 22.5. The third-order valence-corrected chi connectivity index (χ3v) is 6.64. The van der Waals surface area contributed by atoms with Crippen LogP contribution in [0.3, 0.4) is 0 Å². The predicted octanol–water partition coefficient (Wildman–Crippen LogP) is 9.04. The molecule has 0 heterocycles. The Morgan fingerprint density at radius 1 is 0.513 bits per heavy atom. The average Bonchev–Trinajstić information content (AvgIpc) is 3.00. The molecule has 5 aromatic rings. The van der Waals surface area contributed by atoms with Gasteiger partial charge in [-0.05, 0) is 75.9 Å². The molecule has 0 fully saturated rings. The highest BCUT2D eigenvalue weighted by Crippen LogP contribution is 2.35. The van der Waals surface area contributed by atoms with Crippen molar-refractivity contribution in [2.75, 3.05) is 19.1 Å². The highest BCUT2D eigenvalue weighted by Gasteiger charge is 2.13. The van der Waals surface area contributed by atoms with Crippen molar-refractivity contribution in [3.63, 3.8) is 0 Å². The van der Waals surface area contributed by atoms with E-state index in [9.17, 15) is 0 Å². The smallest absolute Gasteiger partial charge is 0.0713 e. The summed E-state index contributed by atoms with van der Waals surface area (Å²) in [4.78, 5) is 2.27. The molecule has 0 aromatic heterocycles. The molecule has 0 aliphatic rings. The number of anilines is 3. The Bertz CT molecular complexity index is 1380. The zero-order valence-corrected chi connectivity index (χ0v) is 22.5. The third-order valence-electron chi connectivity index (χ3n) is 6.64. The van der Waals surface area contributed by atoms with Crippen LogP contribution in [0.1, 0.15) is 27.8 Å². The minimum absolute atomic E-state index is 0.595. The molecule has 0 aliphatic carbocycles. The van der Waals surface area contributed by atoms with Gasteiger partial charge in [0.05, 0.1) is 13.2 Å². The van der Waals surface area contributed by atoms with Crippen LogP contribution in [-0.4, -0.2) is 14.2 Å². The van der Waals surface area contributed by atoms with Gasteiger partial charge in [-0.15, -0.1) is 0 Å². The number of hydrogen-bond acceptors (Lipinski definition) is 3. The SMILES string of the molecule is COCc1ccc(N(c2ccc(C=C(c3ccccc3)c3ccccc3)cc2)c2ccc(COC)cc2)cc1. The van der Waals surface area contributed by atoms with Crippen molar-refractivity contribution in [2.24, 2.45) is 0 Å². The largest absolute Gasteiger partial charge is 0.380 e. The van der Waals surface area contributed by atoms with Gasteiger partial charge in [0.1, 0.15) is 0 Å². The molecule has 3 heteroatoms. The van der Waals surface area contributed by atoms with Crippen molar-refractivity contribution < 1.29 is 9.47 Å². The Kier molecular flexibility index (Phi) is 8.64. The second-order valence-electron chi connectivity index (χ2n) is 9.42. The lowest BCUT2D eigenvalue weighted by Crippen LogP contribution is -2.10. The van der Waals surface area contributed by atoms with Crippen molar-refractivity contribution >= 4 is 28.7 Å². The molecule has 194 valence electrons. The van der Waals surface area contributed by atoms with E-state index in [0.29, 0.717) is 13.2 Å². The molecule has 0 unspecified atom stereocenters. The third kappa shape index (κ3) is 6.53. The molecule has 0 radical (unpaired) electrons. The average molecular weight is 512 g/mol. The summed E-state index contributed by atoms with van der Waals surface area (Å²) in [5, 5.41) is 0. The van der Waals surface area contributed by atoms with E-state index in [4.69, 9.17) is 9.47 Å². The van der Waals surface area contributed by atoms with E-state index in [1.165, 1.54) is 16.7 Å². The van der Waals surface area contributed by atoms with Crippen LogP contribution in [0, 0.1) is 0 Å². The van der Waals surface area contributed by atoms with Gasteiger partial charge in [-0.3, -0.25) is 0 Å². The lowest BCUT2D eigenvalue weighted by Gasteiger charge is -2.26. The van der Waals surface area contributed by atoms with Gasteiger partial charge in [-0.2, -0.15) is 0 Å². The molecule has 3 nitrogen and oxygen atoms in total. The summed E-state index contributed by atoms with van der Waals surface area (Å²) >= 11 is 0. The number of benzene rings is 5. The lowest BCUT2D eigenvalue weighted by molar-refractivity contribution is 0.185. The van der Waals surface area contributed by atoms with E-state index in [1.807, 2.05) is 0 Å². The van der Waals surface area contributed by atoms with Crippen LogP contribution in [0.2, 0.25) is 0 Å². The molecule has 0 aliphatic heterocycles. The van der Waals surface area contributed by atoms with E-state index < -0.39 is 0 Å². The van der Waals surface area contributed by atoms with Crippen molar-refractivity contribution in [3.05, 3.63) is 161 Å². The number of hydrogen-bond donors (Lipinski definition) is 0. The Morgan fingerprint density at radius 3 is 1.28 bits per heavy atom. The highest BCUT2D eigenvalue weighted by molar-refractivity contribution is 5.91. The summed E-state index contributed by atoms with van der Waals surface area (Å²) in [5.41, 5.74) is 10.3. The molecule has 5 rings (SSSR count). The summed E-state index contributed by atoms with van der Waals surface area (Å²) in [6.45, 7) is 1.19. The quantitative estimate of drug-likeness (QED) is 0.175. The molecule has 0 bridgehead atoms. The molecule has 0 N–H and O–H groups in total. The van der Waals surface area contributed by atoms with Gasteiger partial charge >= 0.3 is 0 Å². The fourth-order valence-corrected chi connectivity index (χ4v) is 4.72. The topological polar surface area (TPSA) is 21.7 Å². The van der Waals surface area contributed by atoms with Crippen LogP contribution in [0.25, 0.3) is 11.6 Å². The van der Waals surface area contributed by atoms with Crippen molar-refractivity contribution in [2.45, 2.75) is 13.2 Å². The number of nitrogens with zero attached hydrogens (tertiary/aromatic N) is 1. The fourth-order valence-electron chi connectivity index (χ4n) is 4.72. The van der Waals surface area contributed by atoms with Gasteiger partial charge in [0.25, 0.3) is 0 Å². The summed E-state index contributed by atoms with van der Waals surface area (Å²) in [5.74, 6) is 0. The van der Waals surface area contributed by atoms with Gasteiger partial charge in [-0.1, -0.05) is 97.1 Å². The van der Waals surface area contributed by atoms with E-state index in [0.717, 1.165) is 33.8 Å².